The summed E-state index contributed by atoms with van der Waals surface area (Å²) in [6.45, 7) is 7.09. The number of likely N-dealkylation sites (tertiary alicyclic amines) is 1. The van der Waals surface area contributed by atoms with Crippen LogP contribution in [0.2, 0.25) is 0 Å². The van der Waals surface area contributed by atoms with E-state index >= 15 is 0 Å². The maximum Gasteiger partial charge on any atom is 0.407 e. The normalized spacial score (nSPS) is 34.7. The molecule has 31 heavy (non-hydrogen) atoms. The van der Waals surface area contributed by atoms with Crippen molar-refractivity contribution < 1.29 is 14.3 Å². The lowest BCUT2D eigenvalue weighted by molar-refractivity contribution is -0.145. The van der Waals surface area contributed by atoms with E-state index in [4.69, 9.17) is 4.74 Å². The molecule has 0 spiro atoms. The lowest BCUT2D eigenvalue weighted by atomic mass is 9.63. The number of carbonyl (C=O) groups is 2. The van der Waals surface area contributed by atoms with E-state index in [1.54, 1.807) is 0 Å². The first kappa shape index (κ1) is 20.8. The first-order valence-electron chi connectivity index (χ1n) is 12.0. The third kappa shape index (κ3) is 3.64. The zero-order valence-corrected chi connectivity index (χ0v) is 19.2. The predicted molar refractivity (Wildman–Crippen MR) is 120 cm³/mol. The van der Waals surface area contributed by atoms with Crippen molar-refractivity contribution in [2.24, 2.45) is 17.3 Å². The quantitative estimate of drug-likeness (QED) is 0.768. The molecule has 1 aromatic rings. The summed E-state index contributed by atoms with van der Waals surface area (Å²) in [5.74, 6) is 1.63. The lowest BCUT2D eigenvalue weighted by Crippen LogP contribution is -2.52. The smallest absolute Gasteiger partial charge is 0.407 e. The molecule has 1 aromatic carbocycles. The summed E-state index contributed by atoms with van der Waals surface area (Å²) in [5.41, 5.74) is 1.01. The monoisotopic (exact) mass is 424 g/mol. The van der Waals surface area contributed by atoms with Gasteiger partial charge in [0.25, 0.3) is 0 Å². The van der Waals surface area contributed by atoms with E-state index in [1.165, 1.54) is 24.8 Å². The molecule has 4 aliphatic carbocycles. The minimum absolute atomic E-state index is 0.0865. The number of carbonyl (C=O) groups excluding carboxylic acids is 2. The third-order valence-corrected chi connectivity index (χ3v) is 8.34. The highest BCUT2D eigenvalue weighted by atomic mass is 16.6. The Morgan fingerprint density at radius 1 is 1.06 bits per heavy atom. The van der Waals surface area contributed by atoms with Crippen molar-refractivity contribution in [3.8, 4) is 0 Å². The summed E-state index contributed by atoms with van der Waals surface area (Å²) < 4.78 is 5.39. The largest absolute Gasteiger partial charge is 0.444 e. The van der Waals surface area contributed by atoms with Crippen molar-refractivity contribution in [3.63, 3.8) is 0 Å². The topological polar surface area (TPSA) is 58.6 Å². The molecule has 5 fully saturated rings. The Hall–Kier alpha value is -2.04. The third-order valence-electron chi connectivity index (χ3n) is 8.34. The summed E-state index contributed by atoms with van der Waals surface area (Å²) in [6, 6.07) is 11.0. The molecule has 2 amide bonds. The molecular weight excluding hydrogens is 388 g/mol. The number of piperidine rings is 1. The van der Waals surface area contributed by atoms with Gasteiger partial charge in [0.05, 0.1) is 5.41 Å². The summed E-state index contributed by atoms with van der Waals surface area (Å²) in [4.78, 5) is 28.1. The van der Waals surface area contributed by atoms with Gasteiger partial charge in [-0.1, -0.05) is 30.3 Å². The van der Waals surface area contributed by atoms with Gasteiger partial charge in [-0.05, 0) is 88.5 Å². The van der Waals surface area contributed by atoms with Crippen molar-refractivity contribution >= 4 is 12.0 Å². The first-order chi connectivity index (χ1) is 14.7. The molecule has 4 unspecified atom stereocenters. The highest BCUT2D eigenvalue weighted by Crippen LogP contribution is 2.71. The van der Waals surface area contributed by atoms with Crippen LogP contribution >= 0.6 is 0 Å². The molecule has 5 aliphatic rings. The van der Waals surface area contributed by atoms with Gasteiger partial charge in [0.15, 0.2) is 0 Å². The van der Waals surface area contributed by atoms with E-state index in [0.29, 0.717) is 17.7 Å². The minimum atomic E-state index is -0.491. The van der Waals surface area contributed by atoms with E-state index < -0.39 is 5.60 Å². The van der Waals surface area contributed by atoms with Gasteiger partial charge in [0.2, 0.25) is 5.91 Å². The Morgan fingerprint density at radius 2 is 1.77 bits per heavy atom. The van der Waals surface area contributed by atoms with Crippen LogP contribution in [0.1, 0.15) is 71.3 Å². The summed E-state index contributed by atoms with van der Waals surface area (Å²) in [5, 5.41) is 2.99. The van der Waals surface area contributed by atoms with Crippen LogP contribution in [0, 0.1) is 17.3 Å². The predicted octanol–water partition coefficient (Wildman–Crippen LogP) is 4.65. The number of rotatable bonds is 3. The van der Waals surface area contributed by atoms with Gasteiger partial charge in [-0.3, -0.25) is 4.79 Å². The fraction of sp³-hybridized carbons (Fsp3) is 0.692. The van der Waals surface area contributed by atoms with Crippen molar-refractivity contribution in [2.75, 3.05) is 13.1 Å². The average Bonchev–Trinajstić information content (AvgIpc) is 3.11. The first-order valence-corrected chi connectivity index (χ1v) is 12.0. The fourth-order valence-corrected chi connectivity index (χ4v) is 7.38. The van der Waals surface area contributed by atoms with E-state index in [1.807, 2.05) is 20.8 Å². The number of amides is 2. The Kier molecular flexibility index (Phi) is 4.87. The summed E-state index contributed by atoms with van der Waals surface area (Å²) >= 11 is 0. The molecule has 1 saturated heterocycles. The number of ether oxygens (including phenoxy) is 1. The van der Waals surface area contributed by atoms with Gasteiger partial charge < -0.3 is 15.0 Å². The van der Waals surface area contributed by atoms with Crippen LogP contribution in [0.3, 0.4) is 0 Å². The summed E-state index contributed by atoms with van der Waals surface area (Å²) in [7, 11) is 0. The number of nitrogens with one attached hydrogen (secondary N) is 1. The minimum Gasteiger partial charge on any atom is -0.444 e. The molecule has 0 radical (unpaired) electrons. The SMILES string of the molecule is CC(C)(C)OC(=O)NC1CCN(C(=O)C23CC4CC2CC(c2ccccc2)(C4)C3)CC1. The summed E-state index contributed by atoms with van der Waals surface area (Å²) in [6.07, 6.45) is 7.03. The van der Waals surface area contributed by atoms with Crippen molar-refractivity contribution in [1.82, 2.24) is 10.2 Å². The Labute approximate surface area is 185 Å². The van der Waals surface area contributed by atoms with E-state index in [-0.39, 0.29) is 23.0 Å². The molecule has 5 nitrogen and oxygen atoms in total. The van der Waals surface area contributed by atoms with E-state index in [9.17, 15) is 9.59 Å². The second-order valence-corrected chi connectivity index (χ2v) is 11.6. The molecular formula is C26H36N2O3. The van der Waals surface area contributed by atoms with Crippen LogP contribution < -0.4 is 5.32 Å². The fourth-order valence-electron chi connectivity index (χ4n) is 7.38. The Balaban J connectivity index is 1.24. The number of hydrogen-bond donors (Lipinski definition) is 1. The molecule has 168 valence electrons. The second kappa shape index (κ2) is 7.25. The number of nitrogens with zero attached hydrogens (tertiary/aromatic N) is 1. The van der Waals surface area contributed by atoms with Gasteiger partial charge in [0, 0.05) is 19.1 Å². The molecule has 1 heterocycles. The number of hydrogen-bond acceptors (Lipinski definition) is 3. The van der Waals surface area contributed by atoms with Crippen LogP contribution in [-0.4, -0.2) is 41.6 Å². The van der Waals surface area contributed by atoms with Crippen LogP contribution in [0.4, 0.5) is 4.79 Å². The maximum atomic E-state index is 13.9. The standard InChI is InChI=1S/C26H36N2O3/c1-24(2,3)31-23(30)27-21-9-11-28(12-10-21)22(29)26-15-18-13-20(26)16-25(14-18,17-26)19-7-5-4-6-8-19/h4-8,18,20-21H,9-17H2,1-3H3,(H,27,30). The van der Waals surface area contributed by atoms with Gasteiger partial charge >= 0.3 is 6.09 Å². The highest BCUT2D eigenvalue weighted by Gasteiger charge is 2.67. The molecule has 1 aliphatic heterocycles. The molecule has 0 aromatic heterocycles. The second-order valence-electron chi connectivity index (χ2n) is 11.6. The Bertz CT molecular complexity index is 855. The average molecular weight is 425 g/mol. The van der Waals surface area contributed by atoms with Crippen LogP contribution in [0.25, 0.3) is 0 Å². The van der Waals surface area contributed by atoms with Gasteiger partial charge in [-0.25, -0.2) is 4.79 Å². The van der Waals surface area contributed by atoms with Crippen LogP contribution in [-0.2, 0) is 14.9 Å². The van der Waals surface area contributed by atoms with Crippen LogP contribution in [0.5, 0.6) is 0 Å². The molecule has 4 atom stereocenters. The van der Waals surface area contributed by atoms with E-state index in [2.05, 4.69) is 40.5 Å². The zero-order valence-electron chi connectivity index (χ0n) is 19.2. The molecule has 6 rings (SSSR count). The highest BCUT2D eigenvalue weighted by molar-refractivity contribution is 5.85. The Morgan fingerprint density at radius 3 is 2.45 bits per heavy atom. The maximum absolute atomic E-state index is 13.9. The molecule has 5 heteroatoms. The zero-order chi connectivity index (χ0) is 21.9. The van der Waals surface area contributed by atoms with Crippen molar-refractivity contribution in [1.29, 1.82) is 0 Å². The lowest BCUT2D eigenvalue weighted by Gasteiger charge is -2.43. The van der Waals surface area contributed by atoms with Crippen LogP contribution in [0.15, 0.2) is 30.3 Å². The van der Waals surface area contributed by atoms with Gasteiger partial charge in [-0.2, -0.15) is 0 Å². The van der Waals surface area contributed by atoms with Crippen molar-refractivity contribution in [2.45, 2.75) is 82.8 Å². The van der Waals surface area contributed by atoms with Gasteiger partial charge in [-0.15, -0.1) is 0 Å². The number of alkyl carbamates (subject to hydrolysis) is 1. The molecule has 4 bridgehead atoms. The van der Waals surface area contributed by atoms with E-state index in [0.717, 1.165) is 38.8 Å². The molecule has 4 saturated carbocycles. The van der Waals surface area contributed by atoms with Crippen molar-refractivity contribution in [3.05, 3.63) is 35.9 Å². The molecule has 1 N–H and O–H groups in total. The number of benzene rings is 1. The van der Waals surface area contributed by atoms with Gasteiger partial charge in [0.1, 0.15) is 5.60 Å².